The monoisotopic (exact) mass is 202 g/mol. The molecule has 15 heavy (non-hydrogen) atoms. The Kier molecular flexibility index (Phi) is 1.49. The molecule has 3 fully saturated rings. The summed E-state index contributed by atoms with van der Waals surface area (Å²) >= 11 is 0. The predicted octanol–water partition coefficient (Wildman–Crippen LogP) is 4.02. The number of hydrogen-bond donors (Lipinski definition) is 0. The topological polar surface area (TPSA) is 0 Å². The van der Waals surface area contributed by atoms with Crippen LogP contribution in [0.3, 0.4) is 0 Å². The molecule has 0 bridgehead atoms. The highest BCUT2D eigenvalue weighted by atomic mass is 14.8. The van der Waals surface area contributed by atoms with Crippen LogP contribution in [-0.2, 0) is 0 Å². The normalized spacial score (nSPS) is 55.3. The van der Waals surface area contributed by atoms with Crippen LogP contribution in [0.25, 0.3) is 0 Å². The van der Waals surface area contributed by atoms with Crippen LogP contribution in [0.15, 0.2) is 11.6 Å². The lowest BCUT2D eigenvalue weighted by Crippen LogP contribution is -2.29. The van der Waals surface area contributed by atoms with Crippen molar-refractivity contribution in [1.82, 2.24) is 0 Å². The fourth-order valence-corrected chi connectivity index (χ4v) is 5.21. The van der Waals surface area contributed by atoms with Gasteiger partial charge < -0.3 is 0 Å². The minimum atomic E-state index is 0.711. The molecule has 0 aromatic rings. The average molecular weight is 202 g/mol. The molecule has 5 unspecified atom stereocenters. The average Bonchev–Trinajstić information content (AvgIpc) is 3.10. The van der Waals surface area contributed by atoms with Crippen molar-refractivity contribution in [3.05, 3.63) is 11.6 Å². The molecule has 0 N–H and O–H groups in total. The summed E-state index contributed by atoms with van der Waals surface area (Å²) in [6, 6.07) is 0. The van der Waals surface area contributed by atoms with E-state index in [4.69, 9.17) is 0 Å². The first-order valence-corrected chi connectivity index (χ1v) is 6.95. The van der Waals surface area contributed by atoms with Crippen molar-refractivity contribution in [2.24, 2.45) is 35.0 Å². The summed E-state index contributed by atoms with van der Waals surface area (Å²) in [7, 11) is 0. The second-order valence-electron chi connectivity index (χ2n) is 6.77. The van der Waals surface area contributed by atoms with Crippen LogP contribution in [0.4, 0.5) is 0 Å². The second kappa shape index (κ2) is 2.52. The number of hydrogen-bond acceptors (Lipinski definition) is 0. The summed E-state index contributed by atoms with van der Waals surface area (Å²) in [5, 5.41) is 0. The van der Waals surface area contributed by atoms with E-state index in [1.807, 2.05) is 5.57 Å². The lowest BCUT2D eigenvalue weighted by Gasteiger charge is -2.38. The van der Waals surface area contributed by atoms with E-state index in [2.05, 4.69) is 19.9 Å². The Morgan fingerprint density at radius 1 is 1.33 bits per heavy atom. The first-order chi connectivity index (χ1) is 7.25. The van der Waals surface area contributed by atoms with Crippen molar-refractivity contribution in [2.45, 2.75) is 46.0 Å². The van der Waals surface area contributed by atoms with Gasteiger partial charge in [-0.15, -0.1) is 0 Å². The summed E-state index contributed by atoms with van der Waals surface area (Å²) in [5.74, 6) is 5.34. The Balaban J connectivity index is 1.79. The van der Waals surface area contributed by atoms with Gasteiger partial charge in [-0.25, -0.2) is 0 Å². The van der Waals surface area contributed by atoms with Gasteiger partial charge >= 0.3 is 0 Å². The third-order valence-corrected chi connectivity index (χ3v) is 6.03. The molecule has 4 aliphatic rings. The van der Waals surface area contributed by atoms with Gasteiger partial charge in [0.2, 0.25) is 0 Å². The molecule has 0 amide bonds. The Hall–Kier alpha value is -0.260. The van der Waals surface area contributed by atoms with E-state index in [0.29, 0.717) is 5.41 Å². The minimum Gasteiger partial charge on any atom is -0.0845 e. The number of allylic oxidation sites excluding steroid dienone is 2. The molecule has 0 radical (unpaired) electrons. The zero-order valence-corrected chi connectivity index (χ0v) is 10.00. The van der Waals surface area contributed by atoms with Gasteiger partial charge in [-0.1, -0.05) is 25.5 Å². The van der Waals surface area contributed by atoms with Crippen LogP contribution in [0, 0.1) is 35.0 Å². The maximum atomic E-state index is 2.66. The van der Waals surface area contributed by atoms with E-state index in [9.17, 15) is 0 Å². The molecule has 0 aromatic heterocycles. The first-order valence-electron chi connectivity index (χ1n) is 6.95. The summed E-state index contributed by atoms with van der Waals surface area (Å²) in [5.41, 5.74) is 2.65. The van der Waals surface area contributed by atoms with Crippen molar-refractivity contribution in [1.29, 1.82) is 0 Å². The molecule has 4 rings (SSSR count). The van der Waals surface area contributed by atoms with Gasteiger partial charge in [-0.05, 0) is 67.1 Å². The Morgan fingerprint density at radius 2 is 2.20 bits per heavy atom. The van der Waals surface area contributed by atoms with E-state index in [1.165, 1.54) is 19.3 Å². The lowest BCUT2D eigenvalue weighted by molar-refractivity contribution is 0.254. The van der Waals surface area contributed by atoms with Gasteiger partial charge in [0.1, 0.15) is 0 Å². The Labute approximate surface area is 93.1 Å². The Bertz CT molecular complexity index is 338. The summed E-state index contributed by atoms with van der Waals surface area (Å²) in [6.07, 6.45) is 10.2. The summed E-state index contributed by atoms with van der Waals surface area (Å²) in [4.78, 5) is 0. The third kappa shape index (κ3) is 0.905. The fraction of sp³-hybridized carbons (Fsp3) is 0.867. The highest BCUT2D eigenvalue weighted by molar-refractivity contribution is 5.38. The van der Waals surface area contributed by atoms with Crippen LogP contribution in [0.2, 0.25) is 0 Å². The smallest absolute Gasteiger partial charge is 0.00279 e. The molecule has 0 aliphatic heterocycles. The standard InChI is InChI=1S/C15H22/c1-9(2)15-8-14(15)12-7-11(12)10-5-3-4-6-13(10)15/h6,9-12,14H,3-5,7-8H2,1-2H3. The molecule has 0 saturated heterocycles. The highest BCUT2D eigenvalue weighted by Crippen LogP contribution is 2.79. The quantitative estimate of drug-likeness (QED) is 0.563. The van der Waals surface area contributed by atoms with Crippen LogP contribution in [0.5, 0.6) is 0 Å². The highest BCUT2D eigenvalue weighted by Gasteiger charge is 2.71. The molecular formula is C15H22. The summed E-state index contributed by atoms with van der Waals surface area (Å²) in [6.45, 7) is 4.93. The van der Waals surface area contributed by atoms with Gasteiger partial charge in [-0.2, -0.15) is 0 Å². The van der Waals surface area contributed by atoms with Gasteiger partial charge in [0.15, 0.2) is 0 Å². The largest absolute Gasteiger partial charge is 0.0845 e. The maximum absolute atomic E-state index is 2.66. The molecule has 0 spiro atoms. The third-order valence-electron chi connectivity index (χ3n) is 6.03. The molecule has 5 atom stereocenters. The zero-order valence-electron chi connectivity index (χ0n) is 10.00. The first kappa shape index (κ1) is 8.84. The summed E-state index contributed by atoms with van der Waals surface area (Å²) < 4.78 is 0. The second-order valence-corrected chi connectivity index (χ2v) is 6.77. The molecule has 0 aromatic carbocycles. The van der Waals surface area contributed by atoms with Crippen molar-refractivity contribution in [3.63, 3.8) is 0 Å². The predicted molar refractivity (Wildman–Crippen MR) is 62.4 cm³/mol. The van der Waals surface area contributed by atoms with E-state index >= 15 is 0 Å². The van der Waals surface area contributed by atoms with E-state index in [1.54, 1.807) is 12.8 Å². The van der Waals surface area contributed by atoms with Crippen molar-refractivity contribution < 1.29 is 0 Å². The molecule has 0 heteroatoms. The minimum absolute atomic E-state index is 0.711. The van der Waals surface area contributed by atoms with Gasteiger partial charge in [0.05, 0.1) is 0 Å². The van der Waals surface area contributed by atoms with Crippen molar-refractivity contribution in [3.8, 4) is 0 Å². The van der Waals surface area contributed by atoms with E-state index in [-0.39, 0.29) is 0 Å². The lowest BCUT2D eigenvalue weighted by atomic mass is 9.67. The van der Waals surface area contributed by atoms with Gasteiger partial charge in [0, 0.05) is 0 Å². The van der Waals surface area contributed by atoms with Crippen LogP contribution >= 0.6 is 0 Å². The maximum Gasteiger partial charge on any atom is -0.00279 e. The van der Waals surface area contributed by atoms with E-state index < -0.39 is 0 Å². The van der Waals surface area contributed by atoms with Crippen LogP contribution in [-0.4, -0.2) is 0 Å². The number of fused-ring (bicyclic) bond motifs is 6. The zero-order chi connectivity index (χ0) is 10.2. The number of rotatable bonds is 1. The van der Waals surface area contributed by atoms with E-state index in [0.717, 1.165) is 29.6 Å². The Morgan fingerprint density at radius 3 is 3.00 bits per heavy atom. The van der Waals surface area contributed by atoms with Gasteiger partial charge in [-0.3, -0.25) is 0 Å². The molecular weight excluding hydrogens is 180 g/mol. The van der Waals surface area contributed by atoms with Gasteiger partial charge in [0.25, 0.3) is 0 Å². The van der Waals surface area contributed by atoms with Crippen LogP contribution in [0.1, 0.15) is 46.0 Å². The fourth-order valence-electron chi connectivity index (χ4n) is 5.21. The molecule has 3 saturated carbocycles. The molecule has 0 heterocycles. The van der Waals surface area contributed by atoms with Crippen molar-refractivity contribution >= 4 is 0 Å². The molecule has 82 valence electrons. The molecule has 4 aliphatic carbocycles. The molecule has 0 nitrogen and oxygen atoms in total. The van der Waals surface area contributed by atoms with Crippen LogP contribution < -0.4 is 0 Å². The van der Waals surface area contributed by atoms with Crippen molar-refractivity contribution in [2.75, 3.05) is 0 Å². The SMILES string of the molecule is CC(C)C12CC1C1CC1C1CCCC=C12.